The summed E-state index contributed by atoms with van der Waals surface area (Å²) in [7, 11) is 0. The van der Waals surface area contributed by atoms with E-state index in [4.69, 9.17) is 9.84 Å². The minimum Gasteiger partial charge on any atom is -0.481 e. The lowest BCUT2D eigenvalue weighted by Gasteiger charge is -2.15. The predicted molar refractivity (Wildman–Crippen MR) is 133 cm³/mol. The third-order valence-electron chi connectivity index (χ3n) is 5.26. The standard InChI is InChI=1S/C27H31NO3S/c1-20-17-24(31-23-13-7-5-8-14-23)18-21(2)27(20)28-32-25-15-10-12-22(19-25)11-6-3-4-9-16-26(29)30/h5,7-8,10,12-15,17-19,28H,3-4,6,9,11,16H2,1-2H3,(H,29,30). The molecule has 3 aromatic carbocycles. The van der Waals surface area contributed by atoms with Gasteiger partial charge in [-0.2, -0.15) is 0 Å². The summed E-state index contributed by atoms with van der Waals surface area (Å²) in [6.07, 6.45) is 5.19. The molecule has 32 heavy (non-hydrogen) atoms. The van der Waals surface area contributed by atoms with Gasteiger partial charge in [-0.25, -0.2) is 0 Å². The van der Waals surface area contributed by atoms with Gasteiger partial charge in [0.25, 0.3) is 0 Å². The Morgan fingerprint density at radius 3 is 2.31 bits per heavy atom. The zero-order valence-corrected chi connectivity index (χ0v) is 19.6. The molecule has 168 valence electrons. The van der Waals surface area contributed by atoms with Crippen molar-refractivity contribution in [2.45, 2.75) is 57.3 Å². The SMILES string of the molecule is Cc1cc(Oc2ccccc2)cc(C)c1NSc1cccc(CCCCCCC(=O)O)c1. The van der Waals surface area contributed by atoms with Gasteiger partial charge in [0.15, 0.2) is 0 Å². The Morgan fingerprint density at radius 2 is 1.59 bits per heavy atom. The molecule has 0 fully saturated rings. The molecular formula is C27H31NO3S. The Balaban J connectivity index is 1.52. The lowest BCUT2D eigenvalue weighted by atomic mass is 10.1. The van der Waals surface area contributed by atoms with E-state index < -0.39 is 5.97 Å². The van der Waals surface area contributed by atoms with E-state index in [0.29, 0.717) is 0 Å². The summed E-state index contributed by atoms with van der Waals surface area (Å²) in [6.45, 7) is 4.18. The number of hydrogen-bond acceptors (Lipinski definition) is 4. The third-order valence-corrected chi connectivity index (χ3v) is 6.06. The number of para-hydroxylation sites is 1. The number of carboxylic acid groups (broad SMARTS) is 1. The van der Waals surface area contributed by atoms with Crippen LogP contribution in [-0.2, 0) is 11.2 Å². The average molecular weight is 450 g/mol. The van der Waals surface area contributed by atoms with E-state index in [0.717, 1.165) is 60.4 Å². The van der Waals surface area contributed by atoms with Crippen molar-refractivity contribution in [2.75, 3.05) is 4.72 Å². The Labute approximate surface area is 195 Å². The maximum Gasteiger partial charge on any atom is 0.303 e. The molecule has 5 heteroatoms. The summed E-state index contributed by atoms with van der Waals surface area (Å²) >= 11 is 1.62. The molecule has 0 aliphatic heterocycles. The Morgan fingerprint density at radius 1 is 0.875 bits per heavy atom. The number of hydrogen-bond donors (Lipinski definition) is 2. The summed E-state index contributed by atoms with van der Waals surface area (Å²) < 4.78 is 9.50. The van der Waals surface area contributed by atoms with Crippen LogP contribution in [0.3, 0.4) is 0 Å². The first-order valence-electron chi connectivity index (χ1n) is 11.1. The van der Waals surface area contributed by atoms with Gasteiger partial charge in [0, 0.05) is 11.3 Å². The van der Waals surface area contributed by atoms with E-state index in [1.807, 2.05) is 30.3 Å². The van der Waals surface area contributed by atoms with E-state index in [1.54, 1.807) is 11.9 Å². The molecule has 3 aromatic rings. The van der Waals surface area contributed by atoms with Gasteiger partial charge in [-0.1, -0.05) is 43.2 Å². The number of ether oxygens (including phenoxy) is 1. The molecule has 0 unspecified atom stereocenters. The second-order valence-electron chi connectivity index (χ2n) is 8.01. The zero-order chi connectivity index (χ0) is 22.8. The first kappa shape index (κ1) is 23.7. The summed E-state index contributed by atoms with van der Waals surface area (Å²) in [4.78, 5) is 11.8. The quantitative estimate of drug-likeness (QED) is 0.218. The molecule has 0 aliphatic carbocycles. The Bertz CT molecular complexity index is 997. The highest BCUT2D eigenvalue weighted by Gasteiger charge is 2.08. The molecule has 0 heterocycles. The molecule has 0 spiro atoms. The smallest absolute Gasteiger partial charge is 0.303 e. The van der Waals surface area contributed by atoms with Crippen LogP contribution in [-0.4, -0.2) is 11.1 Å². The van der Waals surface area contributed by atoms with Crippen molar-refractivity contribution < 1.29 is 14.6 Å². The van der Waals surface area contributed by atoms with Crippen LogP contribution in [0.1, 0.15) is 48.8 Å². The van der Waals surface area contributed by atoms with Crippen molar-refractivity contribution in [1.82, 2.24) is 0 Å². The number of aryl methyl sites for hydroxylation is 3. The molecule has 0 aliphatic rings. The van der Waals surface area contributed by atoms with Crippen molar-refractivity contribution in [3.8, 4) is 11.5 Å². The maximum absolute atomic E-state index is 10.6. The first-order chi connectivity index (χ1) is 15.5. The minimum atomic E-state index is -0.703. The Kier molecular flexibility index (Phi) is 9.05. The van der Waals surface area contributed by atoms with E-state index in [2.05, 4.69) is 55.0 Å². The van der Waals surface area contributed by atoms with Crippen LogP contribution in [0.5, 0.6) is 11.5 Å². The summed E-state index contributed by atoms with van der Waals surface area (Å²) in [6, 6.07) is 22.5. The molecule has 0 saturated carbocycles. The monoisotopic (exact) mass is 449 g/mol. The van der Waals surface area contributed by atoms with Crippen molar-refractivity contribution >= 4 is 23.6 Å². The fraction of sp³-hybridized carbons (Fsp3) is 0.296. The van der Waals surface area contributed by atoms with Gasteiger partial charge in [-0.3, -0.25) is 4.79 Å². The number of unbranched alkanes of at least 4 members (excludes halogenated alkanes) is 3. The largest absolute Gasteiger partial charge is 0.481 e. The van der Waals surface area contributed by atoms with Crippen LogP contribution in [0.4, 0.5) is 5.69 Å². The number of nitrogens with one attached hydrogen (secondary N) is 1. The first-order valence-corrected chi connectivity index (χ1v) is 11.9. The number of carbonyl (C=O) groups is 1. The number of aliphatic carboxylic acids is 1. The summed E-state index contributed by atoms with van der Waals surface area (Å²) in [5.41, 5.74) is 4.70. The highest BCUT2D eigenvalue weighted by molar-refractivity contribution is 8.00. The van der Waals surface area contributed by atoms with Gasteiger partial charge >= 0.3 is 5.97 Å². The van der Waals surface area contributed by atoms with Gasteiger partial charge < -0.3 is 14.6 Å². The predicted octanol–water partition coefficient (Wildman–Crippen LogP) is 7.79. The van der Waals surface area contributed by atoms with Crippen molar-refractivity contribution in [3.05, 3.63) is 83.4 Å². The molecule has 0 bridgehead atoms. The number of anilines is 1. The normalized spacial score (nSPS) is 10.7. The Hall–Kier alpha value is -2.92. The van der Waals surface area contributed by atoms with Crippen LogP contribution >= 0.6 is 11.9 Å². The van der Waals surface area contributed by atoms with Gasteiger partial charge in [-0.05, 0) is 98.1 Å². The molecule has 3 rings (SSSR count). The molecular weight excluding hydrogens is 418 g/mol. The molecule has 0 saturated heterocycles. The summed E-state index contributed by atoms with van der Waals surface area (Å²) in [5, 5.41) is 8.70. The van der Waals surface area contributed by atoms with Gasteiger partial charge in [0.05, 0.1) is 5.69 Å². The lowest BCUT2D eigenvalue weighted by Crippen LogP contribution is -1.96. The van der Waals surface area contributed by atoms with Crippen LogP contribution in [0.25, 0.3) is 0 Å². The fourth-order valence-corrected chi connectivity index (χ4v) is 4.50. The zero-order valence-electron chi connectivity index (χ0n) is 18.8. The second-order valence-corrected chi connectivity index (χ2v) is 8.89. The van der Waals surface area contributed by atoms with E-state index >= 15 is 0 Å². The number of carboxylic acids is 1. The maximum atomic E-state index is 10.6. The van der Waals surface area contributed by atoms with Crippen molar-refractivity contribution in [1.29, 1.82) is 0 Å². The third kappa shape index (κ3) is 7.65. The highest BCUT2D eigenvalue weighted by Crippen LogP contribution is 2.32. The minimum absolute atomic E-state index is 0.274. The van der Waals surface area contributed by atoms with E-state index in [9.17, 15) is 4.79 Å². The highest BCUT2D eigenvalue weighted by atomic mass is 32.2. The molecule has 0 radical (unpaired) electrons. The molecule has 0 aromatic heterocycles. The fourth-order valence-electron chi connectivity index (χ4n) is 3.60. The molecule has 0 atom stereocenters. The lowest BCUT2D eigenvalue weighted by molar-refractivity contribution is -0.137. The van der Waals surface area contributed by atoms with Crippen LogP contribution < -0.4 is 9.46 Å². The summed E-state index contributed by atoms with van der Waals surface area (Å²) in [5.74, 6) is 0.971. The van der Waals surface area contributed by atoms with Crippen LogP contribution in [0.2, 0.25) is 0 Å². The van der Waals surface area contributed by atoms with Crippen LogP contribution in [0, 0.1) is 13.8 Å². The van der Waals surface area contributed by atoms with E-state index in [-0.39, 0.29) is 6.42 Å². The molecule has 4 nitrogen and oxygen atoms in total. The molecule has 2 N–H and O–H groups in total. The second kappa shape index (κ2) is 12.2. The average Bonchev–Trinajstić information content (AvgIpc) is 2.76. The van der Waals surface area contributed by atoms with Crippen molar-refractivity contribution in [3.63, 3.8) is 0 Å². The molecule has 0 amide bonds. The van der Waals surface area contributed by atoms with Gasteiger partial charge in [0.1, 0.15) is 11.5 Å². The van der Waals surface area contributed by atoms with E-state index in [1.165, 1.54) is 10.5 Å². The van der Waals surface area contributed by atoms with Crippen LogP contribution in [0.15, 0.2) is 71.6 Å². The van der Waals surface area contributed by atoms with Gasteiger partial charge in [-0.15, -0.1) is 0 Å². The number of rotatable bonds is 12. The number of benzene rings is 3. The van der Waals surface area contributed by atoms with Gasteiger partial charge in [0.2, 0.25) is 0 Å². The topological polar surface area (TPSA) is 58.6 Å². The van der Waals surface area contributed by atoms with Crippen molar-refractivity contribution in [2.24, 2.45) is 0 Å².